The zero-order chi connectivity index (χ0) is 14.5. The van der Waals surface area contributed by atoms with E-state index in [0.29, 0.717) is 12.6 Å². The normalized spacial score (nSPS) is 22.7. The number of hydrogen-bond donors (Lipinski definition) is 1. The molecular weight excluding hydrogens is 270 g/mol. The minimum Gasteiger partial charge on any atom is -0.378 e. The van der Waals surface area contributed by atoms with Gasteiger partial charge in [-0.2, -0.15) is 0 Å². The van der Waals surface area contributed by atoms with Crippen LogP contribution in [0.4, 0.5) is 5.13 Å². The summed E-state index contributed by atoms with van der Waals surface area (Å²) in [6, 6.07) is 0.600. The fourth-order valence-electron chi connectivity index (χ4n) is 2.83. The van der Waals surface area contributed by atoms with Crippen LogP contribution in [-0.2, 0) is 17.9 Å². The molecule has 0 radical (unpaired) electrons. The number of nitrogens with zero attached hydrogens (tertiary/aromatic N) is 2. The summed E-state index contributed by atoms with van der Waals surface area (Å²) in [6.45, 7) is 10.5. The number of nitrogens with one attached hydrogen (secondary N) is 1. The van der Waals surface area contributed by atoms with Crippen LogP contribution in [-0.4, -0.2) is 31.2 Å². The van der Waals surface area contributed by atoms with Crippen molar-refractivity contribution < 1.29 is 4.74 Å². The Morgan fingerprint density at radius 2 is 2.25 bits per heavy atom. The first-order valence-corrected chi connectivity index (χ1v) is 8.42. The summed E-state index contributed by atoms with van der Waals surface area (Å²) in [4.78, 5) is 8.60. The molecule has 1 fully saturated rings. The van der Waals surface area contributed by atoms with E-state index in [4.69, 9.17) is 9.72 Å². The maximum Gasteiger partial charge on any atom is 0.186 e. The van der Waals surface area contributed by atoms with E-state index < -0.39 is 0 Å². The molecule has 4 nitrogen and oxygen atoms in total. The molecule has 0 aliphatic carbocycles. The molecule has 1 saturated heterocycles. The molecule has 2 rings (SSSR count). The van der Waals surface area contributed by atoms with Crippen LogP contribution in [0.5, 0.6) is 0 Å². The SMILES string of the molecule is CCCNCc1sc(N2CC(C)CC2C)nc1COC. The van der Waals surface area contributed by atoms with Crippen molar-refractivity contribution in [2.45, 2.75) is 52.8 Å². The highest BCUT2D eigenvalue weighted by molar-refractivity contribution is 7.15. The van der Waals surface area contributed by atoms with Gasteiger partial charge in [0.1, 0.15) is 0 Å². The minimum absolute atomic E-state index is 0.600. The summed E-state index contributed by atoms with van der Waals surface area (Å²) in [5, 5.41) is 4.64. The molecule has 5 heteroatoms. The van der Waals surface area contributed by atoms with Gasteiger partial charge in [-0.15, -0.1) is 11.3 Å². The summed E-state index contributed by atoms with van der Waals surface area (Å²) in [7, 11) is 1.74. The smallest absolute Gasteiger partial charge is 0.186 e. The van der Waals surface area contributed by atoms with Gasteiger partial charge in [-0.3, -0.25) is 0 Å². The monoisotopic (exact) mass is 297 g/mol. The molecule has 0 bridgehead atoms. The van der Waals surface area contributed by atoms with E-state index in [9.17, 15) is 0 Å². The van der Waals surface area contributed by atoms with Crippen molar-refractivity contribution in [2.24, 2.45) is 5.92 Å². The second-order valence-corrected chi connectivity index (χ2v) is 6.88. The maximum absolute atomic E-state index is 5.30. The number of rotatable bonds is 7. The van der Waals surface area contributed by atoms with E-state index >= 15 is 0 Å². The second kappa shape index (κ2) is 7.38. The average molecular weight is 297 g/mol. The predicted octanol–water partition coefficient (Wildman–Crippen LogP) is 3.02. The van der Waals surface area contributed by atoms with Crippen molar-refractivity contribution in [1.29, 1.82) is 0 Å². The Morgan fingerprint density at radius 3 is 2.85 bits per heavy atom. The van der Waals surface area contributed by atoms with Gasteiger partial charge in [0, 0.05) is 31.1 Å². The highest BCUT2D eigenvalue weighted by Crippen LogP contribution is 2.33. The zero-order valence-corrected chi connectivity index (χ0v) is 13.9. The Kier molecular flexibility index (Phi) is 5.81. The molecule has 0 amide bonds. The Bertz CT molecular complexity index is 421. The van der Waals surface area contributed by atoms with Gasteiger partial charge in [-0.25, -0.2) is 4.98 Å². The molecule has 2 unspecified atom stereocenters. The van der Waals surface area contributed by atoms with Crippen LogP contribution in [0.25, 0.3) is 0 Å². The standard InChI is InChI=1S/C15H27N3OS/c1-5-6-16-8-14-13(10-19-4)17-15(20-14)18-9-11(2)7-12(18)3/h11-12,16H,5-10H2,1-4H3. The number of thiazole rings is 1. The van der Waals surface area contributed by atoms with E-state index in [1.54, 1.807) is 7.11 Å². The van der Waals surface area contributed by atoms with Gasteiger partial charge in [0.2, 0.25) is 0 Å². The quantitative estimate of drug-likeness (QED) is 0.785. The van der Waals surface area contributed by atoms with Gasteiger partial charge >= 0.3 is 0 Å². The van der Waals surface area contributed by atoms with E-state index in [1.807, 2.05) is 11.3 Å². The van der Waals surface area contributed by atoms with E-state index in [-0.39, 0.29) is 0 Å². The third kappa shape index (κ3) is 3.71. The van der Waals surface area contributed by atoms with Crippen LogP contribution >= 0.6 is 11.3 Å². The molecule has 1 aromatic heterocycles. The van der Waals surface area contributed by atoms with Crippen molar-refractivity contribution >= 4 is 16.5 Å². The molecule has 2 heterocycles. The lowest BCUT2D eigenvalue weighted by Gasteiger charge is -2.20. The van der Waals surface area contributed by atoms with Gasteiger partial charge in [0.25, 0.3) is 0 Å². The first-order valence-electron chi connectivity index (χ1n) is 7.60. The fraction of sp³-hybridized carbons (Fsp3) is 0.800. The lowest BCUT2D eigenvalue weighted by atomic mass is 10.1. The molecule has 1 aliphatic heterocycles. The Balaban J connectivity index is 2.11. The summed E-state index contributed by atoms with van der Waals surface area (Å²) >= 11 is 1.83. The fourth-order valence-corrected chi connectivity index (χ4v) is 3.97. The molecule has 0 saturated carbocycles. The average Bonchev–Trinajstić information content (AvgIpc) is 2.94. The first kappa shape index (κ1) is 15.7. The van der Waals surface area contributed by atoms with Crippen LogP contribution in [0, 0.1) is 5.92 Å². The third-order valence-corrected chi connectivity index (χ3v) is 4.92. The predicted molar refractivity (Wildman–Crippen MR) is 85.4 cm³/mol. The van der Waals surface area contributed by atoms with Crippen LogP contribution < -0.4 is 10.2 Å². The third-order valence-electron chi connectivity index (χ3n) is 3.79. The van der Waals surface area contributed by atoms with E-state index in [1.165, 1.54) is 16.4 Å². The van der Waals surface area contributed by atoms with Gasteiger partial charge < -0.3 is 15.0 Å². The molecule has 1 aromatic rings. The van der Waals surface area contributed by atoms with Gasteiger partial charge in [-0.1, -0.05) is 13.8 Å². The van der Waals surface area contributed by atoms with Crippen LogP contribution in [0.2, 0.25) is 0 Å². The summed E-state index contributed by atoms with van der Waals surface area (Å²) < 4.78 is 5.30. The lowest BCUT2D eigenvalue weighted by molar-refractivity contribution is 0.181. The number of methoxy groups -OCH3 is 1. The van der Waals surface area contributed by atoms with Crippen LogP contribution in [0.15, 0.2) is 0 Å². The molecule has 1 N–H and O–H groups in total. The van der Waals surface area contributed by atoms with Gasteiger partial charge in [-0.05, 0) is 32.2 Å². The number of aromatic nitrogens is 1. The molecule has 114 valence electrons. The first-order chi connectivity index (χ1) is 9.65. The second-order valence-electron chi connectivity index (χ2n) is 5.82. The lowest BCUT2D eigenvalue weighted by Crippen LogP contribution is -2.26. The summed E-state index contributed by atoms with van der Waals surface area (Å²) in [5.74, 6) is 0.765. The maximum atomic E-state index is 5.30. The Labute approximate surface area is 126 Å². The molecule has 2 atom stereocenters. The topological polar surface area (TPSA) is 37.4 Å². The summed E-state index contributed by atoms with van der Waals surface area (Å²) in [5.41, 5.74) is 1.10. The van der Waals surface area contributed by atoms with Gasteiger partial charge in [0.15, 0.2) is 5.13 Å². The van der Waals surface area contributed by atoms with Gasteiger partial charge in [0.05, 0.1) is 12.3 Å². The Hall–Kier alpha value is -0.650. The van der Waals surface area contributed by atoms with Crippen molar-refractivity contribution in [3.05, 3.63) is 10.6 Å². The van der Waals surface area contributed by atoms with Crippen molar-refractivity contribution in [3.63, 3.8) is 0 Å². The van der Waals surface area contributed by atoms with E-state index in [2.05, 4.69) is 31.0 Å². The molecular formula is C15H27N3OS. The number of ether oxygens (including phenoxy) is 1. The highest BCUT2D eigenvalue weighted by Gasteiger charge is 2.29. The largest absolute Gasteiger partial charge is 0.378 e. The highest BCUT2D eigenvalue weighted by atomic mass is 32.1. The number of hydrogen-bond acceptors (Lipinski definition) is 5. The molecule has 20 heavy (non-hydrogen) atoms. The number of anilines is 1. The van der Waals surface area contributed by atoms with Crippen molar-refractivity contribution in [2.75, 3.05) is 25.1 Å². The molecule has 0 spiro atoms. The van der Waals surface area contributed by atoms with Crippen LogP contribution in [0.1, 0.15) is 44.2 Å². The van der Waals surface area contributed by atoms with Crippen LogP contribution in [0.3, 0.4) is 0 Å². The van der Waals surface area contributed by atoms with E-state index in [0.717, 1.165) is 37.7 Å². The van der Waals surface area contributed by atoms with Crippen molar-refractivity contribution in [3.8, 4) is 0 Å². The Morgan fingerprint density at radius 1 is 1.45 bits per heavy atom. The van der Waals surface area contributed by atoms with Crippen molar-refractivity contribution in [1.82, 2.24) is 10.3 Å². The minimum atomic E-state index is 0.600. The molecule has 1 aliphatic rings. The summed E-state index contributed by atoms with van der Waals surface area (Å²) in [6.07, 6.45) is 2.43. The zero-order valence-electron chi connectivity index (χ0n) is 13.1. The molecule has 0 aromatic carbocycles.